The van der Waals surface area contributed by atoms with Gasteiger partial charge in [-0.15, -0.1) is 0 Å². The standard InChI is InChI=1S/C15H18N2O4/c1-17-8-11(7-14(17)18)15(19)16-5-4-10-2-3-12-13(6-10)21-9-20-12/h2-3,6,11H,4-5,7-9H2,1H3,(H,16,19)/t11-/m1/s1. The third-order valence-electron chi connectivity index (χ3n) is 3.86. The van der Waals surface area contributed by atoms with Crippen LogP contribution in [-0.4, -0.2) is 43.6 Å². The number of fused-ring (bicyclic) bond motifs is 1. The Morgan fingerprint density at radius 3 is 2.95 bits per heavy atom. The molecule has 2 heterocycles. The van der Waals surface area contributed by atoms with Gasteiger partial charge in [-0.1, -0.05) is 6.07 Å². The molecule has 0 bridgehead atoms. The number of nitrogens with zero attached hydrogens (tertiary/aromatic N) is 1. The predicted molar refractivity (Wildman–Crippen MR) is 75.0 cm³/mol. The highest BCUT2D eigenvalue weighted by atomic mass is 16.7. The van der Waals surface area contributed by atoms with Gasteiger partial charge in [0.05, 0.1) is 5.92 Å². The zero-order valence-corrected chi connectivity index (χ0v) is 11.9. The SMILES string of the molecule is CN1C[C@H](C(=O)NCCc2ccc3c(c2)OCO3)CC1=O. The normalized spacial score (nSPS) is 20.0. The molecule has 0 unspecified atom stereocenters. The Morgan fingerprint density at radius 2 is 2.19 bits per heavy atom. The fourth-order valence-corrected chi connectivity index (χ4v) is 2.61. The molecule has 2 aliphatic rings. The van der Waals surface area contributed by atoms with Crippen LogP contribution in [0, 0.1) is 5.92 Å². The molecule has 1 saturated heterocycles. The highest BCUT2D eigenvalue weighted by Gasteiger charge is 2.31. The number of amides is 2. The zero-order valence-electron chi connectivity index (χ0n) is 11.9. The maximum absolute atomic E-state index is 12.0. The van der Waals surface area contributed by atoms with E-state index in [1.807, 2.05) is 18.2 Å². The lowest BCUT2D eigenvalue weighted by Gasteiger charge is -2.11. The van der Waals surface area contributed by atoms with E-state index in [1.54, 1.807) is 11.9 Å². The van der Waals surface area contributed by atoms with Crippen molar-refractivity contribution >= 4 is 11.8 Å². The van der Waals surface area contributed by atoms with E-state index in [-0.39, 0.29) is 24.5 Å². The van der Waals surface area contributed by atoms with Gasteiger partial charge in [-0.25, -0.2) is 0 Å². The van der Waals surface area contributed by atoms with Gasteiger partial charge in [0.2, 0.25) is 18.6 Å². The first-order valence-corrected chi connectivity index (χ1v) is 7.03. The molecule has 1 fully saturated rings. The van der Waals surface area contributed by atoms with E-state index >= 15 is 0 Å². The van der Waals surface area contributed by atoms with Crippen molar-refractivity contribution in [2.45, 2.75) is 12.8 Å². The number of hydrogen-bond acceptors (Lipinski definition) is 4. The van der Waals surface area contributed by atoms with Crippen molar-refractivity contribution in [2.75, 3.05) is 26.9 Å². The lowest BCUT2D eigenvalue weighted by molar-refractivity contribution is -0.128. The minimum Gasteiger partial charge on any atom is -0.454 e. The van der Waals surface area contributed by atoms with Crippen molar-refractivity contribution < 1.29 is 19.1 Å². The maximum Gasteiger partial charge on any atom is 0.231 e. The number of carbonyl (C=O) groups excluding carboxylic acids is 2. The monoisotopic (exact) mass is 290 g/mol. The lowest BCUT2D eigenvalue weighted by Crippen LogP contribution is -2.33. The first-order valence-electron chi connectivity index (χ1n) is 7.03. The van der Waals surface area contributed by atoms with Crippen LogP contribution >= 0.6 is 0 Å². The third kappa shape index (κ3) is 2.94. The smallest absolute Gasteiger partial charge is 0.231 e. The summed E-state index contributed by atoms with van der Waals surface area (Å²) in [5, 5.41) is 2.89. The summed E-state index contributed by atoms with van der Waals surface area (Å²) in [6.45, 7) is 1.32. The fourth-order valence-electron chi connectivity index (χ4n) is 2.61. The molecule has 2 aliphatic heterocycles. The van der Waals surface area contributed by atoms with Gasteiger partial charge in [-0.3, -0.25) is 9.59 Å². The second kappa shape index (κ2) is 5.63. The van der Waals surface area contributed by atoms with Crippen molar-refractivity contribution in [3.8, 4) is 11.5 Å². The summed E-state index contributed by atoms with van der Waals surface area (Å²) in [5.41, 5.74) is 1.08. The molecule has 0 spiro atoms. The van der Waals surface area contributed by atoms with Crippen molar-refractivity contribution in [1.29, 1.82) is 0 Å². The van der Waals surface area contributed by atoms with Crippen LogP contribution in [0.25, 0.3) is 0 Å². The Balaban J connectivity index is 1.48. The van der Waals surface area contributed by atoms with Gasteiger partial charge in [-0.05, 0) is 24.1 Å². The molecule has 112 valence electrons. The number of rotatable bonds is 4. The Hall–Kier alpha value is -2.24. The van der Waals surface area contributed by atoms with Crippen LogP contribution in [-0.2, 0) is 16.0 Å². The first kappa shape index (κ1) is 13.7. The Kier molecular flexibility index (Phi) is 3.68. The summed E-state index contributed by atoms with van der Waals surface area (Å²) < 4.78 is 10.6. The summed E-state index contributed by atoms with van der Waals surface area (Å²) in [4.78, 5) is 25.0. The molecule has 1 atom stereocenters. The van der Waals surface area contributed by atoms with Gasteiger partial charge in [0.25, 0.3) is 0 Å². The van der Waals surface area contributed by atoms with Crippen molar-refractivity contribution in [3.05, 3.63) is 23.8 Å². The first-order chi connectivity index (χ1) is 10.1. The van der Waals surface area contributed by atoms with Gasteiger partial charge in [0.1, 0.15) is 0 Å². The van der Waals surface area contributed by atoms with E-state index in [1.165, 1.54) is 0 Å². The molecular formula is C15H18N2O4. The molecule has 0 aliphatic carbocycles. The summed E-state index contributed by atoms with van der Waals surface area (Å²) in [6.07, 6.45) is 1.03. The second-order valence-electron chi connectivity index (χ2n) is 5.40. The number of carbonyl (C=O) groups is 2. The van der Waals surface area contributed by atoms with Gasteiger partial charge in [-0.2, -0.15) is 0 Å². The maximum atomic E-state index is 12.0. The van der Waals surface area contributed by atoms with Crippen LogP contribution in [0.2, 0.25) is 0 Å². The average Bonchev–Trinajstić information content (AvgIpc) is 3.05. The minimum atomic E-state index is -0.223. The van der Waals surface area contributed by atoms with Gasteiger partial charge >= 0.3 is 0 Å². The lowest BCUT2D eigenvalue weighted by atomic mass is 10.1. The fraction of sp³-hybridized carbons (Fsp3) is 0.467. The van der Waals surface area contributed by atoms with Crippen LogP contribution in [0.15, 0.2) is 18.2 Å². The Bertz CT molecular complexity index is 573. The molecule has 1 aromatic rings. The number of ether oxygens (including phenoxy) is 2. The molecule has 2 amide bonds. The van der Waals surface area contributed by atoms with Crippen LogP contribution in [0.5, 0.6) is 11.5 Å². The molecule has 0 radical (unpaired) electrons. The van der Waals surface area contributed by atoms with E-state index in [4.69, 9.17) is 9.47 Å². The third-order valence-corrected chi connectivity index (χ3v) is 3.86. The van der Waals surface area contributed by atoms with Crippen molar-refractivity contribution in [3.63, 3.8) is 0 Å². The second-order valence-corrected chi connectivity index (χ2v) is 5.40. The molecule has 0 saturated carbocycles. The molecular weight excluding hydrogens is 272 g/mol. The van der Waals surface area contributed by atoms with E-state index in [9.17, 15) is 9.59 Å². The highest BCUT2D eigenvalue weighted by Crippen LogP contribution is 2.32. The predicted octanol–water partition coefficient (Wildman–Crippen LogP) is 0.552. The van der Waals surface area contributed by atoms with Crippen LogP contribution < -0.4 is 14.8 Å². The molecule has 3 rings (SSSR count). The summed E-state index contributed by atoms with van der Waals surface area (Å²) in [5.74, 6) is 1.27. The topological polar surface area (TPSA) is 67.9 Å². The molecule has 6 heteroatoms. The van der Waals surface area contributed by atoms with E-state index in [2.05, 4.69) is 5.32 Å². The summed E-state index contributed by atoms with van der Waals surface area (Å²) >= 11 is 0. The number of benzene rings is 1. The average molecular weight is 290 g/mol. The quantitative estimate of drug-likeness (QED) is 0.879. The summed E-state index contributed by atoms with van der Waals surface area (Å²) in [6, 6.07) is 5.78. The molecule has 1 N–H and O–H groups in total. The van der Waals surface area contributed by atoms with Crippen LogP contribution in [0.3, 0.4) is 0 Å². The molecule has 6 nitrogen and oxygen atoms in total. The van der Waals surface area contributed by atoms with E-state index in [0.29, 0.717) is 19.5 Å². The van der Waals surface area contributed by atoms with E-state index in [0.717, 1.165) is 23.5 Å². The van der Waals surface area contributed by atoms with Crippen molar-refractivity contribution in [1.82, 2.24) is 10.2 Å². The number of hydrogen-bond donors (Lipinski definition) is 1. The van der Waals surface area contributed by atoms with Gasteiger partial charge in [0, 0.05) is 26.6 Å². The van der Waals surface area contributed by atoms with E-state index < -0.39 is 0 Å². The molecule has 0 aromatic heterocycles. The Labute approximate surface area is 123 Å². The largest absolute Gasteiger partial charge is 0.454 e. The van der Waals surface area contributed by atoms with Crippen molar-refractivity contribution in [2.24, 2.45) is 5.92 Å². The number of nitrogens with one attached hydrogen (secondary N) is 1. The van der Waals surface area contributed by atoms with Gasteiger partial charge in [0.15, 0.2) is 11.5 Å². The number of likely N-dealkylation sites (tertiary alicyclic amines) is 1. The zero-order chi connectivity index (χ0) is 14.8. The molecule has 21 heavy (non-hydrogen) atoms. The van der Waals surface area contributed by atoms with Crippen LogP contribution in [0.1, 0.15) is 12.0 Å². The highest BCUT2D eigenvalue weighted by molar-refractivity contribution is 5.89. The minimum absolute atomic E-state index is 0.0333. The Morgan fingerprint density at radius 1 is 1.38 bits per heavy atom. The van der Waals surface area contributed by atoms with Gasteiger partial charge < -0.3 is 19.7 Å². The molecule has 1 aromatic carbocycles. The summed E-state index contributed by atoms with van der Waals surface area (Å²) in [7, 11) is 1.72. The van der Waals surface area contributed by atoms with Crippen LogP contribution in [0.4, 0.5) is 0 Å².